The average molecular weight is 349 g/mol. The summed E-state index contributed by atoms with van der Waals surface area (Å²) in [5.41, 5.74) is 1.51. The highest BCUT2D eigenvalue weighted by Crippen LogP contribution is 2.42. The Morgan fingerprint density at radius 1 is 1.00 bits per heavy atom. The molecule has 2 saturated heterocycles. The molecule has 1 aromatic heterocycles. The summed E-state index contributed by atoms with van der Waals surface area (Å²) >= 11 is 0. The molecule has 1 aromatic carbocycles. The molecule has 2 amide bonds. The third-order valence-electron chi connectivity index (χ3n) is 5.73. The molecule has 0 aliphatic carbocycles. The second-order valence-electron chi connectivity index (χ2n) is 7.28. The van der Waals surface area contributed by atoms with Crippen LogP contribution in [0, 0.1) is 5.41 Å². The van der Waals surface area contributed by atoms with E-state index >= 15 is 0 Å². The summed E-state index contributed by atoms with van der Waals surface area (Å²) in [5, 5.41) is 0. The van der Waals surface area contributed by atoms with Crippen molar-refractivity contribution < 1.29 is 9.59 Å². The Morgan fingerprint density at radius 2 is 1.73 bits per heavy atom. The summed E-state index contributed by atoms with van der Waals surface area (Å²) in [5.74, 6) is 0.273. The largest absolute Gasteiger partial charge is 0.339 e. The van der Waals surface area contributed by atoms with E-state index in [1.807, 2.05) is 28.0 Å². The summed E-state index contributed by atoms with van der Waals surface area (Å²) in [4.78, 5) is 33.5. The summed E-state index contributed by atoms with van der Waals surface area (Å²) in [6.45, 7) is 2.77. The van der Waals surface area contributed by atoms with Gasteiger partial charge in [-0.3, -0.25) is 14.6 Å². The molecule has 134 valence electrons. The van der Waals surface area contributed by atoms with Crippen LogP contribution in [0.25, 0.3) is 0 Å². The van der Waals surface area contributed by atoms with Crippen LogP contribution in [-0.2, 0) is 11.3 Å². The number of hydrogen-bond donors (Lipinski definition) is 0. The number of rotatable bonds is 3. The van der Waals surface area contributed by atoms with Gasteiger partial charge in [-0.1, -0.05) is 30.3 Å². The van der Waals surface area contributed by atoms with E-state index in [1.54, 1.807) is 24.5 Å². The first-order chi connectivity index (χ1) is 12.7. The number of pyridine rings is 1. The van der Waals surface area contributed by atoms with Gasteiger partial charge in [0.2, 0.25) is 5.91 Å². The normalized spacial score (nSPS) is 19.2. The van der Waals surface area contributed by atoms with E-state index in [0.717, 1.165) is 25.8 Å². The predicted octanol–water partition coefficient (Wildman–Crippen LogP) is 2.74. The van der Waals surface area contributed by atoms with Crippen LogP contribution >= 0.6 is 0 Å². The van der Waals surface area contributed by atoms with Crippen molar-refractivity contribution in [3.63, 3.8) is 0 Å². The Labute approximate surface area is 153 Å². The number of aromatic nitrogens is 1. The molecule has 0 bridgehead atoms. The van der Waals surface area contributed by atoms with Gasteiger partial charge in [0.1, 0.15) is 0 Å². The first-order valence-corrected chi connectivity index (χ1v) is 9.21. The van der Waals surface area contributed by atoms with Gasteiger partial charge in [0, 0.05) is 38.6 Å². The van der Waals surface area contributed by atoms with E-state index in [4.69, 9.17) is 0 Å². The highest BCUT2D eigenvalue weighted by atomic mass is 16.2. The van der Waals surface area contributed by atoms with Crippen molar-refractivity contribution in [2.75, 3.05) is 19.6 Å². The Hall–Kier alpha value is -2.69. The maximum Gasteiger partial charge on any atom is 0.255 e. The maximum absolute atomic E-state index is 13.0. The van der Waals surface area contributed by atoms with Gasteiger partial charge in [-0.25, -0.2) is 0 Å². The summed E-state index contributed by atoms with van der Waals surface area (Å²) in [6, 6.07) is 13.7. The van der Waals surface area contributed by atoms with E-state index < -0.39 is 0 Å². The van der Waals surface area contributed by atoms with Gasteiger partial charge < -0.3 is 9.80 Å². The minimum atomic E-state index is -0.277. The smallest absolute Gasteiger partial charge is 0.255 e. The zero-order chi connectivity index (χ0) is 18.0. The van der Waals surface area contributed by atoms with Crippen LogP contribution in [-0.4, -0.2) is 46.2 Å². The molecule has 0 unspecified atom stereocenters. The minimum Gasteiger partial charge on any atom is -0.339 e. The lowest BCUT2D eigenvalue weighted by atomic mass is 9.77. The summed E-state index contributed by atoms with van der Waals surface area (Å²) in [6.07, 6.45) is 5.68. The first kappa shape index (κ1) is 16.8. The Kier molecular flexibility index (Phi) is 4.45. The molecule has 5 nitrogen and oxygen atoms in total. The van der Waals surface area contributed by atoms with Crippen molar-refractivity contribution in [1.29, 1.82) is 0 Å². The lowest BCUT2D eigenvalue weighted by Gasteiger charge is -2.38. The van der Waals surface area contributed by atoms with Gasteiger partial charge in [0.25, 0.3) is 5.91 Å². The second kappa shape index (κ2) is 6.90. The Bertz CT molecular complexity index is 783. The van der Waals surface area contributed by atoms with Crippen molar-refractivity contribution in [3.8, 4) is 0 Å². The SMILES string of the molecule is O=C(c1cccnc1)N1CCC2(CC1)CCN(Cc1ccccc1)C2=O. The van der Waals surface area contributed by atoms with E-state index in [2.05, 4.69) is 17.1 Å². The van der Waals surface area contributed by atoms with Crippen LogP contribution in [0.1, 0.15) is 35.2 Å². The highest BCUT2D eigenvalue weighted by Gasteiger charge is 2.48. The molecule has 0 N–H and O–H groups in total. The fourth-order valence-corrected chi connectivity index (χ4v) is 4.12. The molecular weight excluding hydrogens is 326 g/mol. The second-order valence-corrected chi connectivity index (χ2v) is 7.28. The van der Waals surface area contributed by atoms with E-state index in [0.29, 0.717) is 25.2 Å². The molecule has 2 aromatic rings. The number of benzene rings is 1. The zero-order valence-corrected chi connectivity index (χ0v) is 14.8. The number of carbonyl (C=O) groups excluding carboxylic acids is 2. The lowest BCUT2D eigenvalue weighted by molar-refractivity contribution is -0.138. The zero-order valence-electron chi connectivity index (χ0n) is 14.8. The fraction of sp³-hybridized carbons (Fsp3) is 0.381. The first-order valence-electron chi connectivity index (χ1n) is 9.21. The van der Waals surface area contributed by atoms with Gasteiger partial charge in [-0.15, -0.1) is 0 Å². The topological polar surface area (TPSA) is 53.5 Å². The summed E-state index contributed by atoms with van der Waals surface area (Å²) < 4.78 is 0. The third-order valence-corrected chi connectivity index (χ3v) is 5.73. The maximum atomic E-state index is 13.0. The van der Waals surface area contributed by atoms with Gasteiger partial charge in [0.05, 0.1) is 11.0 Å². The number of piperidine rings is 1. The molecule has 0 radical (unpaired) electrons. The monoisotopic (exact) mass is 349 g/mol. The molecule has 2 aliphatic rings. The molecular formula is C21H23N3O2. The van der Waals surface area contributed by atoms with Crippen molar-refractivity contribution >= 4 is 11.8 Å². The molecule has 26 heavy (non-hydrogen) atoms. The van der Waals surface area contributed by atoms with E-state index in [1.165, 1.54) is 5.56 Å². The van der Waals surface area contributed by atoms with Crippen LogP contribution in [0.3, 0.4) is 0 Å². The van der Waals surface area contributed by atoms with Crippen LogP contribution in [0.4, 0.5) is 0 Å². The molecule has 2 fully saturated rings. The summed E-state index contributed by atoms with van der Waals surface area (Å²) in [7, 11) is 0. The standard InChI is InChI=1S/C21H23N3O2/c25-19(18-7-4-11-22-15-18)23-12-8-21(9-13-23)10-14-24(20(21)26)16-17-5-2-1-3-6-17/h1-7,11,15H,8-10,12-14,16H2. The van der Waals surface area contributed by atoms with Crippen LogP contribution in [0.2, 0.25) is 0 Å². The molecule has 5 heteroatoms. The molecule has 0 saturated carbocycles. The van der Waals surface area contributed by atoms with Gasteiger partial charge in [-0.2, -0.15) is 0 Å². The average Bonchev–Trinajstić information content (AvgIpc) is 2.99. The van der Waals surface area contributed by atoms with Crippen LogP contribution in [0.15, 0.2) is 54.9 Å². The van der Waals surface area contributed by atoms with Gasteiger partial charge >= 0.3 is 0 Å². The van der Waals surface area contributed by atoms with E-state index in [9.17, 15) is 9.59 Å². The third kappa shape index (κ3) is 3.09. The van der Waals surface area contributed by atoms with Crippen molar-refractivity contribution in [1.82, 2.24) is 14.8 Å². The molecule has 3 heterocycles. The number of nitrogens with zero attached hydrogens (tertiary/aromatic N) is 3. The molecule has 1 spiro atoms. The number of hydrogen-bond acceptors (Lipinski definition) is 3. The quantitative estimate of drug-likeness (QED) is 0.856. The van der Waals surface area contributed by atoms with Crippen molar-refractivity contribution in [2.45, 2.75) is 25.8 Å². The number of carbonyl (C=O) groups is 2. The van der Waals surface area contributed by atoms with Gasteiger partial charge in [-0.05, 0) is 37.0 Å². The van der Waals surface area contributed by atoms with Crippen LogP contribution in [0.5, 0.6) is 0 Å². The van der Waals surface area contributed by atoms with Gasteiger partial charge in [0.15, 0.2) is 0 Å². The van der Waals surface area contributed by atoms with Crippen molar-refractivity contribution in [3.05, 3.63) is 66.0 Å². The minimum absolute atomic E-state index is 0.0135. The van der Waals surface area contributed by atoms with E-state index in [-0.39, 0.29) is 17.2 Å². The predicted molar refractivity (Wildman–Crippen MR) is 98.3 cm³/mol. The van der Waals surface area contributed by atoms with Crippen LogP contribution < -0.4 is 0 Å². The van der Waals surface area contributed by atoms with Crippen molar-refractivity contribution in [2.24, 2.45) is 5.41 Å². The Balaban J connectivity index is 1.39. The lowest BCUT2D eigenvalue weighted by Crippen LogP contribution is -2.46. The Morgan fingerprint density at radius 3 is 2.42 bits per heavy atom. The highest BCUT2D eigenvalue weighted by molar-refractivity contribution is 5.94. The molecule has 2 aliphatic heterocycles. The molecule has 4 rings (SSSR count). The fourth-order valence-electron chi connectivity index (χ4n) is 4.12. The number of amides is 2. The number of likely N-dealkylation sites (tertiary alicyclic amines) is 2. The molecule has 0 atom stereocenters.